The van der Waals surface area contributed by atoms with E-state index in [4.69, 9.17) is 9.84 Å². The monoisotopic (exact) mass is 286 g/mol. The molecular formula is C12H18N2O4S. The van der Waals surface area contributed by atoms with Crippen molar-refractivity contribution in [3.8, 4) is 0 Å². The van der Waals surface area contributed by atoms with E-state index in [-0.39, 0.29) is 17.9 Å². The van der Waals surface area contributed by atoms with Crippen molar-refractivity contribution in [3.63, 3.8) is 0 Å². The highest BCUT2D eigenvalue weighted by Crippen LogP contribution is 2.29. The quantitative estimate of drug-likeness (QED) is 0.894. The van der Waals surface area contributed by atoms with Crippen LogP contribution in [-0.2, 0) is 9.53 Å². The zero-order valence-corrected chi connectivity index (χ0v) is 12.5. The van der Waals surface area contributed by atoms with Crippen molar-refractivity contribution in [3.05, 3.63) is 11.3 Å². The number of ether oxygens (including phenoxy) is 1. The number of carboxylic acid groups (broad SMARTS) is 1. The standard InChI is InChI=1S/C12H18N2O4S/c1-7-9(11(16)17)10(19-13-7)14(4)8(15)6-12(2,3)18-5/h6H2,1-5H3,(H,16,17). The van der Waals surface area contributed by atoms with E-state index in [0.717, 1.165) is 11.5 Å². The first-order valence-electron chi connectivity index (χ1n) is 5.71. The molecule has 0 aromatic carbocycles. The summed E-state index contributed by atoms with van der Waals surface area (Å²) in [6, 6.07) is 0. The lowest BCUT2D eigenvalue weighted by atomic mass is 10.0. The molecule has 1 N–H and O–H groups in total. The number of methoxy groups -OCH3 is 1. The van der Waals surface area contributed by atoms with Crippen molar-refractivity contribution in [1.29, 1.82) is 0 Å². The molecule has 0 radical (unpaired) electrons. The number of hydrogen-bond acceptors (Lipinski definition) is 5. The molecule has 7 heteroatoms. The van der Waals surface area contributed by atoms with E-state index in [9.17, 15) is 9.59 Å². The molecule has 1 aromatic heterocycles. The second-order valence-electron chi connectivity index (χ2n) is 4.85. The van der Waals surface area contributed by atoms with Gasteiger partial charge in [0.25, 0.3) is 0 Å². The van der Waals surface area contributed by atoms with E-state index in [1.807, 2.05) is 0 Å². The third-order valence-electron chi connectivity index (χ3n) is 2.87. The highest BCUT2D eigenvalue weighted by atomic mass is 32.1. The van der Waals surface area contributed by atoms with Gasteiger partial charge in [-0.1, -0.05) is 0 Å². The first-order chi connectivity index (χ1) is 8.69. The molecule has 6 nitrogen and oxygen atoms in total. The summed E-state index contributed by atoms with van der Waals surface area (Å²) in [6.45, 7) is 5.21. The van der Waals surface area contributed by atoms with Crippen molar-refractivity contribution in [2.24, 2.45) is 0 Å². The third-order valence-corrected chi connectivity index (χ3v) is 3.88. The van der Waals surface area contributed by atoms with Gasteiger partial charge in [-0.05, 0) is 32.3 Å². The molecule has 1 aromatic rings. The van der Waals surface area contributed by atoms with Crippen LogP contribution >= 0.6 is 11.5 Å². The van der Waals surface area contributed by atoms with Crippen molar-refractivity contribution in [1.82, 2.24) is 4.37 Å². The number of carbonyl (C=O) groups excluding carboxylic acids is 1. The Kier molecular flexibility index (Phi) is 4.65. The molecule has 0 unspecified atom stereocenters. The Morgan fingerprint density at radius 1 is 1.47 bits per heavy atom. The average molecular weight is 286 g/mol. The van der Waals surface area contributed by atoms with Gasteiger partial charge in [0, 0.05) is 14.2 Å². The predicted octanol–water partition coefficient (Wildman–Crippen LogP) is 1.93. The number of anilines is 1. The lowest BCUT2D eigenvalue weighted by Gasteiger charge is -2.25. The number of carbonyl (C=O) groups is 2. The van der Waals surface area contributed by atoms with E-state index >= 15 is 0 Å². The minimum absolute atomic E-state index is 0.0797. The summed E-state index contributed by atoms with van der Waals surface area (Å²) < 4.78 is 9.19. The Balaban J connectivity index is 2.98. The van der Waals surface area contributed by atoms with Crippen molar-refractivity contribution in [2.45, 2.75) is 32.8 Å². The van der Waals surface area contributed by atoms with Crippen LogP contribution in [0.1, 0.15) is 36.3 Å². The van der Waals surface area contributed by atoms with E-state index < -0.39 is 11.6 Å². The molecule has 0 atom stereocenters. The van der Waals surface area contributed by atoms with Gasteiger partial charge in [0.05, 0.1) is 17.7 Å². The lowest BCUT2D eigenvalue weighted by Crippen LogP contribution is -2.35. The van der Waals surface area contributed by atoms with Crippen molar-refractivity contribution in [2.75, 3.05) is 19.1 Å². The number of amides is 1. The van der Waals surface area contributed by atoms with Gasteiger partial charge in [0.1, 0.15) is 10.6 Å². The molecular weight excluding hydrogens is 268 g/mol. The summed E-state index contributed by atoms with van der Waals surface area (Å²) in [5.41, 5.74) is -0.0942. The number of hydrogen-bond donors (Lipinski definition) is 1. The number of nitrogens with zero attached hydrogens (tertiary/aromatic N) is 2. The molecule has 0 aliphatic heterocycles. The topological polar surface area (TPSA) is 79.7 Å². The molecule has 0 fully saturated rings. The fourth-order valence-corrected chi connectivity index (χ4v) is 2.37. The zero-order chi connectivity index (χ0) is 14.8. The van der Waals surface area contributed by atoms with Crippen LogP contribution < -0.4 is 4.90 Å². The van der Waals surface area contributed by atoms with Gasteiger partial charge in [0.15, 0.2) is 0 Å². The van der Waals surface area contributed by atoms with E-state index in [2.05, 4.69) is 4.37 Å². The molecule has 0 saturated heterocycles. The third kappa shape index (κ3) is 3.51. The van der Waals surface area contributed by atoms with Crippen LogP contribution in [0.15, 0.2) is 0 Å². The lowest BCUT2D eigenvalue weighted by molar-refractivity contribution is -0.123. The number of aryl methyl sites for hydroxylation is 1. The molecule has 1 amide bonds. The predicted molar refractivity (Wildman–Crippen MR) is 72.9 cm³/mol. The molecule has 19 heavy (non-hydrogen) atoms. The fourth-order valence-electron chi connectivity index (χ4n) is 1.50. The van der Waals surface area contributed by atoms with Gasteiger partial charge in [-0.3, -0.25) is 4.79 Å². The number of carboxylic acids is 1. The summed E-state index contributed by atoms with van der Waals surface area (Å²) in [6.07, 6.45) is 0.163. The summed E-state index contributed by atoms with van der Waals surface area (Å²) in [5, 5.41) is 9.50. The van der Waals surface area contributed by atoms with Gasteiger partial charge in [-0.15, -0.1) is 0 Å². The summed E-state index contributed by atoms with van der Waals surface area (Å²) in [7, 11) is 3.08. The molecule has 1 rings (SSSR count). The van der Waals surface area contributed by atoms with Gasteiger partial charge in [-0.25, -0.2) is 4.79 Å². The van der Waals surface area contributed by atoms with Gasteiger partial charge < -0.3 is 14.7 Å². The number of rotatable bonds is 5. The largest absolute Gasteiger partial charge is 0.478 e. The van der Waals surface area contributed by atoms with Crippen LogP contribution in [0.2, 0.25) is 0 Å². The second kappa shape index (κ2) is 5.66. The fraction of sp³-hybridized carbons (Fsp3) is 0.583. The van der Waals surface area contributed by atoms with Gasteiger partial charge in [0.2, 0.25) is 5.91 Å². The van der Waals surface area contributed by atoms with Crippen LogP contribution in [0.4, 0.5) is 5.00 Å². The first kappa shape index (κ1) is 15.6. The molecule has 0 aliphatic carbocycles. The van der Waals surface area contributed by atoms with Gasteiger partial charge >= 0.3 is 5.97 Å². The summed E-state index contributed by atoms with van der Waals surface area (Å²) in [5.74, 6) is -1.29. The Morgan fingerprint density at radius 3 is 2.53 bits per heavy atom. The van der Waals surface area contributed by atoms with Crippen LogP contribution in [0, 0.1) is 6.92 Å². The highest BCUT2D eigenvalue weighted by Gasteiger charge is 2.28. The van der Waals surface area contributed by atoms with Crippen LogP contribution in [0.5, 0.6) is 0 Å². The normalized spacial score (nSPS) is 11.4. The average Bonchev–Trinajstić information content (AvgIpc) is 2.69. The van der Waals surface area contributed by atoms with E-state index in [1.54, 1.807) is 27.8 Å². The maximum Gasteiger partial charge on any atom is 0.340 e. The first-order valence-corrected chi connectivity index (χ1v) is 6.48. The summed E-state index contributed by atoms with van der Waals surface area (Å²) in [4.78, 5) is 24.6. The Bertz CT molecular complexity index is 496. The van der Waals surface area contributed by atoms with Gasteiger partial charge in [-0.2, -0.15) is 4.37 Å². The Hall–Kier alpha value is -1.47. The van der Waals surface area contributed by atoms with Crippen LogP contribution in [0.25, 0.3) is 0 Å². The minimum atomic E-state index is -1.08. The molecule has 1 heterocycles. The smallest absolute Gasteiger partial charge is 0.340 e. The molecule has 0 aliphatic rings. The van der Waals surface area contributed by atoms with Crippen LogP contribution in [-0.4, -0.2) is 41.1 Å². The maximum atomic E-state index is 12.1. The molecule has 0 bridgehead atoms. The summed E-state index contributed by atoms with van der Waals surface area (Å²) >= 11 is 1.01. The van der Waals surface area contributed by atoms with Crippen molar-refractivity contribution < 1.29 is 19.4 Å². The number of aromatic carboxylic acids is 1. The molecule has 0 saturated carbocycles. The van der Waals surface area contributed by atoms with E-state index in [0.29, 0.717) is 10.7 Å². The zero-order valence-electron chi connectivity index (χ0n) is 11.7. The maximum absolute atomic E-state index is 12.1. The SMILES string of the molecule is COC(C)(C)CC(=O)N(C)c1snc(C)c1C(=O)O. The minimum Gasteiger partial charge on any atom is -0.478 e. The molecule has 106 valence electrons. The second-order valence-corrected chi connectivity index (χ2v) is 5.60. The Labute approximate surface area is 116 Å². The van der Waals surface area contributed by atoms with E-state index in [1.165, 1.54) is 12.0 Å². The number of aromatic nitrogens is 1. The Morgan fingerprint density at radius 2 is 2.05 bits per heavy atom. The molecule has 0 spiro atoms. The van der Waals surface area contributed by atoms with Crippen LogP contribution in [0.3, 0.4) is 0 Å². The van der Waals surface area contributed by atoms with Crippen molar-refractivity contribution >= 4 is 28.4 Å². The highest BCUT2D eigenvalue weighted by molar-refractivity contribution is 7.11.